The SMILES string of the molecule is O=C1C2CNC3CC(Cl)CCC3C2NN1c1ccccc1. The van der Waals surface area contributed by atoms with Crippen molar-refractivity contribution in [1.82, 2.24) is 10.7 Å². The third-order valence-electron chi connectivity index (χ3n) is 5.16. The molecule has 5 heteroatoms. The number of rotatable bonds is 1. The molecule has 21 heavy (non-hydrogen) atoms. The standard InChI is InChI=1S/C16H20ClN3O/c17-10-6-7-12-14(8-10)18-9-13-15(12)19-20(16(13)21)11-4-2-1-3-5-11/h1-5,10,12-15,18-19H,6-9H2. The first kappa shape index (κ1) is 13.6. The number of nitrogens with zero attached hydrogens (tertiary/aromatic N) is 1. The molecule has 1 aromatic carbocycles. The van der Waals surface area contributed by atoms with Gasteiger partial charge in [-0.3, -0.25) is 4.79 Å². The van der Waals surface area contributed by atoms with Crippen molar-refractivity contribution in [2.75, 3.05) is 11.6 Å². The molecule has 1 aliphatic carbocycles. The van der Waals surface area contributed by atoms with Crippen molar-refractivity contribution in [2.45, 2.75) is 36.7 Å². The van der Waals surface area contributed by atoms with E-state index in [0.29, 0.717) is 12.0 Å². The maximum absolute atomic E-state index is 12.7. The zero-order valence-electron chi connectivity index (χ0n) is 11.8. The van der Waals surface area contributed by atoms with Gasteiger partial charge in [0.25, 0.3) is 0 Å². The number of hydrogen-bond donors (Lipinski definition) is 2. The molecule has 3 fully saturated rings. The molecule has 0 radical (unpaired) electrons. The van der Waals surface area contributed by atoms with Gasteiger partial charge in [-0.15, -0.1) is 11.6 Å². The highest BCUT2D eigenvalue weighted by Gasteiger charge is 2.50. The first-order valence-corrected chi connectivity index (χ1v) is 8.20. The Morgan fingerprint density at radius 1 is 1.19 bits per heavy atom. The van der Waals surface area contributed by atoms with E-state index >= 15 is 0 Å². The van der Waals surface area contributed by atoms with E-state index in [0.717, 1.165) is 31.5 Å². The van der Waals surface area contributed by atoms with Crippen LogP contribution in [-0.2, 0) is 4.79 Å². The summed E-state index contributed by atoms with van der Waals surface area (Å²) in [6.07, 6.45) is 3.15. The van der Waals surface area contributed by atoms with Gasteiger partial charge in [-0.2, -0.15) is 0 Å². The Hall–Kier alpha value is -1.10. The fourth-order valence-electron chi connectivity index (χ4n) is 4.09. The molecule has 5 unspecified atom stereocenters. The van der Waals surface area contributed by atoms with Gasteiger partial charge in [0.1, 0.15) is 0 Å². The quantitative estimate of drug-likeness (QED) is 0.779. The number of carbonyl (C=O) groups excluding carboxylic acids is 1. The van der Waals surface area contributed by atoms with Crippen LogP contribution < -0.4 is 15.8 Å². The van der Waals surface area contributed by atoms with Gasteiger partial charge in [0.05, 0.1) is 11.6 Å². The Labute approximate surface area is 129 Å². The normalized spacial score (nSPS) is 39.0. The summed E-state index contributed by atoms with van der Waals surface area (Å²) < 4.78 is 0. The second-order valence-electron chi connectivity index (χ2n) is 6.36. The monoisotopic (exact) mass is 305 g/mol. The van der Waals surface area contributed by atoms with Gasteiger partial charge in [-0.05, 0) is 37.3 Å². The van der Waals surface area contributed by atoms with E-state index in [1.54, 1.807) is 5.01 Å². The summed E-state index contributed by atoms with van der Waals surface area (Å²) in [7, 11) is 0. The summed E-state index contributed by atoms with van der Waals surface area (Å²) in [5.41, 5.74) is 4.40. The maximum Gasteiger partial charge on any atom is 0.247 e. The van der Waals surface area contributed by atoms with E-state index in [-0.39, 0.29) is 23.2 Å². The molecule has 0 spiro atoms. The minimum atomic E-state index is 0.0401. The highest BCUT2D eigenvalue weighted by Crippen LogP contribution is 2.38. The molecule has 0 aromatic heterocycles. The minimum absolute atomic E-state index is 0.0401. The van der Waals surface area contributed by atoms with Crippen LogP contribution in [0.15, 0.2) is 30.3 Å². The summed E-state index contributed by atoms with van der Waals surface area (Å²) in [4.78, 5) is 12.7. The fraction of sp³-hybridized carbons (Fsp3) is 0.562. The molecule has 0 bridgehead atoms. The summed E-state index contributed by atoms with van der Waals surface area (Å²) in [5.74, 6) is 0.722. The number of amides is 1. The number of para-hydroxylation sites is 1. The van der Waals surface area contributed by atoms with Crippen molar-refractivity contribution in [3.63, 3.8) is 0 Å². The van der Waals surface area contributed by atoms with Crippen LogP contribution in [0, 0.1) is 11.8 Å². The zero-order chi connectivity index (χ0) is 14.4. The topological polar surface area (TPSA) is 44.4 Å². The zero-order valence-corrected chi connectivity index (χ0v) is 12.6. The van der Waals surface area contributed by atoms with E-state index in [2.05, 4.69) is 10.7 Å². The van der Waals surface area contributed by atoms with Crippen molar-refractivity contribution >= 4 is 23.2 Å². The molecule has 3 aliphatic rings. The second kappa shape index (κ2) is 5.27. The third kappa shape index (κ3) is 2.26. The Balaban J connectivity index is 1.58. The number of piperidine rings is 1. The number of nitrogens with one attached hydrogen (secondary N) is 2. The number of carbonyl (C=O) groups is 1. The first-order chi connectivity index (χ1) is 10.2. The van der Waals surface area contributed by atoms with E-state index in [9.17, 15) is 4.79 Å². The van der Waals surface area contributed by atoms with Crippen LogP contribution in [0.4, 0.5) is 5.69 Å². The van der Waals surface area contributed by atoms with E-state index in [1.807, 2.05) is 30.3 Å². The lowest BCUT2D eigenvalue weighted by Gasteiger charge is -2.43. The van der Waals surface area contributed by atoms with Crippen molar-refractivity contribution in [3.8, 4) is 0 Å². The summed E-state index contributed by atoms with van der Waals surface area (Å²) in [6.45, 7) is 0.755. The van der Waals surface area contributed by atoms with Crippen LogP contribution in [0.3, 0.4) is 0 Å². The Bertz CT molecular complexity index is 538. The number of halogens is 1. The molecule has 112 valence electrons. The number of hydrazine groups is 1. The highest BCUT2D eigenvalue weighted by atomic mass is 35.5. The molecular weight excluding hydrogens is 286 g/mol. The Kier molecular flexibility index (Phi) is 3.40. The lowest BCUT2D eigenvalue weighted by atomic mass is 9.73. The van der Waals surface area contributed by atoms with Crippen molar-refractivity contribution < 1.29 is 4.79 Å². The molecule has 1 aromatic rings. The average molecular weight is 306 g/mol. The van der Waals surface area contributed by atoms with Gasteiger partial charge >= 0.3 is 0 Å². The highest BCUT2D eigenvalue weighted by molar-refractivity contribution is 6.20. The molecule has 2 aliphatic heterocycles. The van der Waals surface area contributed by atoms with Gasteiger partial charge < -0.3 is 5.32 Å². The Morgan fingerprint density at radius 3 is 2.81 bits per heavy atom. The molecule has 2 N–H and O–H groups in total. The smallest absolute Gasteiger partial charge is 0.247 e. The van der Waals surface area contributed by atoms with Crippen molar-refractivity contribution in [1.29, 1.82) is 0 Å². The van der Waals surface area contributed by atoms with Gasteiger partial charge in [0, 0.05) is 24.0 Å². The number of hydrogen-bond acceptors (Lipinski definition) is 3. The molecule has 1 saturated carbocycles. The van der Waals surface area contributed by atoms with Gasteiger partial charge in [-0.25, -0.2) is 10.4 Å². The number of benzene rings is 1. The first-order valence-electron chi connectivity index (χ1n) is 7.76. The number of alkyl halides is 1. The van der Waals surface area contributed by atoms with Crippen molar-refractivity contribution in [3.05, 3.63) is 30.3 Å². The molecule has 2 heterocycles. The number of fused-ring (bicyclic) bond motifs is 3. The predicted molar refractivity (Wildman–Crippen MR) is 83.1 cm³/mol. The third-order valence-corrected chi connectivity index (χ3v) is 5.56. The van der Waals surface area contributed by atoms with Crippen molar-refractivity contribution in [2.24, 2.45) is 11.8 Å². The van der Waals surface area contributed by atoms with Crippen LogP contribution >= 0.6 is 11.6 Å². The van der Waals surface area contributed by atoms with E-state index < -0.39 is 0 Å². The molecular formula is C16H20ClN3O. The predicted octanol–water partition coefficient (Wildman–Crippen LogP) is 1.90. The second-order valence-corrected chi connectivity index (χ2v) is 6.98. The average Bonchev–Trinajstić information content (AvgIpc) is 2.85. The van der Waals surface area contributed by atoms with Crippen LogP contribution in [0.5, 0.6) is 0 Å². The van der Waals surface area contributed by atoms with Crippen LogP contribution in [0.2, 0.25) is 0 Å². The lowest BCUT2D eigenvalue weighted by Crippen LogP contribution is -2.58. The summed E-state index contributed by atoms with van der Waals surface area (Å²) in [5, 5.41) is 5.57. The van der Waals surface area contributed by atoms with E-state index in [1.165, 1.54) is 0 Å². The molecule has 2 saturated heterocycles. The Morgan fingerprint density at radius 2 is 2.00 bits per heavy atom. The summed E-state index contributed by atoms with van der Waals surface area (Å²) in [6, 6.07) is 10.5. The largest absolute Gasteiger partial charge is 0.313 e. The maximum atomic E-state index is 12.7. The van der Waals surface area contributed by atoms with Gasteiger partial charge in [0.2, 0.25) is 5.91 Å². The molecule has 5 atom stereocenters. The molecule has 4 rings (SSSR count). The van der Waals surface area contributed by atoms with Gasteiger partial charge in [-0.1, -0.05) is 18.2 Å². The molecule has 1 amide bonds. The number of anilines is 1. The lowest BCUT2D eigenvalue weighted by molar-refractivity contribution is -0.121. The minimum Gasteiger partial charge on any atom is -0.313 e. The fourth-order valence-corrected chi connectivity index (χ4v) is 4.41. The van der Waals surface area contributed by atoms with Crippen LogP contribution in [0.1, 0.15) is 19.3 Å². The molecule has 4 nitrogen and oxygen atoms in total. The van der Waals surface area contributed by atoms with Crippen LogP contribution in [-0.4, -0.2) is 29.9 Å². The summed E-state index contributed by atoms with van der Waals surface area (Å²) >= 11 is 6.29. The van der Waals surface area contributed by atoms with Crippen LogP contribution in [0.25, 0.3) is 0 Å². The van der Waals surface area contributed by atoms with Gasteiger partial charge in [0.15, 0.2) is 0 Å². The van der Waals surface area contributed by atoms with E-state index in [4.69, 9.17) is 11.6 Å².